The molecule has 1 saturated heterocycles. The highest BCUT2D eigenvalue weighted by Gasteiger charge is 2.46. The van der Waals surface area contributed by atoms with Gasteiger partial charge in [0.2, 0.25) is 0 Å². The number of thioether (sulfide) groups is 1. The minimum atomic E-state index is -0.0985. The van der Waals surface area contributed by atoms with E-state index in [-0.39, 0.29) is 12.1 Å². The number of benzene rings is 1. The number of rotatable bonds is 5. The van der Waals surface area contributed by atoms with Crippen LogP contribution < -0.4 is 9.47 Å². The second-order valence-corrected chi connectivity index (χ2v) is 7.96. The number of fused-ring (bicyclic) bond motifs is 1. The fraction of sp³-hybridized carbons (Fsp3) is 0.400. The zero-order valence-electron chi connectivity index (χ0n) is 15.6. The summed E-state index contributed by atoms with van der Waals surface area (Å²) in [5, 5.41) is 1.73. The van der Waals surface area contributed by atoms with Crippen molar-refractivity contribution in [3.63, 3.8) is 0 Å². The predicted molar refractivity (Wildman–Crippen MR) is 110 cm³/mol. The number of halogens is 1. The Labute approximate surface area is 168 Å². The lowest BCUT2D eigenvalue weighted by molar-refractivity contribution is 0.254. The molecule has 0 unspecified atom stereocenters. The van der Waals surface area contributed by atoms with Crippen LogP contribution in [0.1, 0.15) is 36.7 Å². The SMILES string of the molecule is CC[C@@H]1CSC2=N[C@H](c3ccccn3)[C@H](c3cc(OC)c(OC)cc3Cl)N21. The first-order valence-corrected chi connectivity index (χ1v) is 10.4. The van der Waals surface area contributed by atoms with Gasteiger partial charge in [0.25, 0.3) is 0 Å². The molecule has 0 saturated carbocycles. The van der Waals surface area contributed by atoms with Crippen LogP contribution in [0, 0.1) is 0 Å². The zero-order chi connectivity index (χ0) is 19.0. The number of hydrogen-bond acceptors (Lipinski definition) is 6. The van der Waals surface area contributed by atoms with Crippen LogP contribution in [0.4, 0.5) is 0 Å². The van der Waals surface area contributed by atoms with Gasteiger partial charge >= 0.3 is 0 Å². The molecular formula is C20H22ClN3O2S. The van der Waals surface area contributed by atoms with Crippen molar-refractivity contribution in [2.24, 2.45) is 4.99 Å². The van der Waals surface area contributed by atoms with E-state index in [0.717, 1.165) is 28.6 Å². The molecule has 0 radical (unpaired) electrons. The highest BCUT2D eigenvalue weighted by Crippen LogP contribution is 2.51. The second-order valence-electron chi connectivity index (χ2n) is 6.57. The minimum Gasteiger partial charge on any atom is -0.493 e. The lowest BCUT2D eigenvalue weighted by Gasteiger charge is -2.32. The van der Waals surface area contributed by atoms with E-state index < -0.39 is 0 Å². The third-order valence-electron chi connectivity index (χ3n) is 5.15. The Morgan fingerprint density at radius 1 is 1.22 bits per heavy atom. The van der Waals surface area contributed by atoms with Crippen molar-refractivity contribution >= 4 is 28.5 Å². The number of aliphatic imine (C=N–C) groups is 1. The van der Waals surface area contributed by atoms with Gasteiger partial charge in [0.15, 0.2) is 16.7 Å². The van der Waals surface area contributed by atoms with Gasteiger partial charge in [-0.25, -0.2) is 0 Å². The van der Waals surface area contributed by atoms with E-state index in [1.807, 2.05) is 48.3 Å². The highest BCUT2D eigenvalue weighted by molar-refractivity contribution is 8.14. The summed E-state index contributed by atoms with van der Waals surface area (Å²) in [5.74, 6) is 2.35. The van der Waals surface area contributed by atoms with Crippen molar-refractivity contribution in [3.8, 4) is 11.5 Å². The smallest absolute Gasteiger partial charge is 0.162 e. The number of aromatic nitrogens is 1. The molecule has 0 aliphatic carbocycles. The number of hydrogen-bond donors (Lipinski definition) is 0. The summed E-state index contributed by atoms with van der Waals surface area (Å²) in [6, 6.07) is 10.1. The maximum atomic E-state index is 6.71. The van der Waals surface area contributed by atoms with Crippen LogP contribution in [0.3, 0.4) is 0 Å². The van der Waals surface area contributed by atoms with Crippen LogP contribution in [-0.4, -0.2) is 41.1 Å². The average molecular weight is 404 g/mol. The monoisotopic (exact) mass is 403 g/mol. The summed E-state index contributed by atoms with van der Waals surface area (Å²) in [5.41, 5.74) is 1.94. The molecule has 2 aromatic rings. The molecule has 3 atom stereocenters. The molecule has 2 aliphatic rings. The first-order valence-electron chi connectivity index (χ1n) is 8.99. The van der Waals surface area contributed by atoms with Crippen molar-refractivity contribution in [2.75, 3.05) is 20.0 Å². The molecule has 0 spiro atoms. The van der Waals surface area contributed by atoms with Gasteiger partial charge in [0, 0.05) is 29.1 Å². The van der Waals surface area contributed by atoms with E-state index in [2.05, 4.69) is 16.8 Å². The van der Waals surface area contributed by atoms with Gasteiger partial charge in [0.05, 0.1) is 26.0 Å². The molecule has 1 fully saturated rings. The molecule has 1 aromatic heterocycles. The van der Waals surface area contributed by atoms with Gasteiger partial charge in [0.1, 0.15) is 6.04 Å². The standard InChI is InChI=1S/C20H22ClN3O2S/c1-4-12-11-27-20-23-18(15-7-5-6-8-22-15)19(24(12)20)13-9-16(25-2)17(26-3)10-14(13)21/h5-10,12,18-19H,4,11H2,1-3H3/t12-,18-,19+/m1/s1. The topological polar surface area (TPSA) is 47.0 Å². The number of nitrogens with zero attached hydrogens (tertiary/aromatic N) is 3. The van der Waals surface area contributed by atoms with Crippen LogP contribution in [0.5, 0.6) is 11.5 Å². The predicted octanol–water partition coefficient (Wildman–Crippen LogP) is 4.73. The number of amidine groups is 1. The average Bonchev–Trinajstić information content (AvgIpc) is 3.27. The molecule has 4 rings (SSSR count). The maximum absolute atomic E-state index is 6.71. The van der Waals surface area contributed by atoms with Crippen LogP contribution in [0.25, 0.3) is 0 Å². The van der Waals surface area contributed by atoms with Crippen molar-refractivity contribution in [1.82, 2.24) is 9.88 Å². The molecule has 5 nitrogen and oxygen atoms in total. The van der Waals surface area contributed by atoms with Crippen LogP contribution in [0.15, 0.2) is 41.5 Å². The van der Waals surface area contributed by atoms with Crippen LogP contribution in [-0.2, 0) is 0 Å². The summed E-state index contributed by atoms with van der Waals surface area (Å²) >= 11 is 8.53. The Morgan fingerprint density at radius 2 is 2.00 bits per heavy atom. The Kier molecular flexibility index (Phi) is 5.19. The van der Waals surface area contributed by atoms with E-state index in [0.29, 0.717) is 22.6 Å². The third-order valence-corrected chi connectivity index (χ3v) is 6.60. The van der Waals surface area contributed by atoms with Crippen LogP contribution in [0.2, 0.25) is 5.02 Å². The summed E-state index contributed by atoms with van der Waals surface area (Å²) in [7, 11) is 3.26. The van der Waals surface area contributed by atoms with Gasteiger partial charge in [-0.1, -0.05) is 36.4 Å². The number of pyridine rings is 1. The zero-order valence-corrected chi connectivity index (χ0v) is 17.1. The quantitative estimate of drug-likeness (QED) is 0.722. The Morgan fingerprint density at radius 3 is 2.67 bits per heavy atom. The Bertz CT molecular complexity index is 862. The molecular weight excluding hydrogens is 382 g/mol. The minimum absolute atomic E-state index is 0.0119. The van der Waals surface area contributed by atoms with E-state index in [1.165, 1.54) is 0 Å². The molecule has 1 aromatic carbocycles. The summed E-state index contributed by atoms with van der Waals surface area (Å²) in [6.07, 6.45) is 2.87. The summed E-state index contributed by atoms with van der Waals surface area (Å²) < 4.78 is 10.9. The fourth-order valence-electron chi connectivity index (χ4n) is 3.78. The van der Waals surface area contributed by atoms with Gasteiger partial charge < -0.3 is 14.4 Å². The summed E-state index contributed by atoms with van der Waals surface area (Å²) in [4.78, 5) is 12.0. The lowest BCUT2D eigenvalue weighted by Crippen LogP contribution is -2.35. The first kappa shape index (κ1) is 18.4. The molecule has 0 N–H and O–H groups in total. The fourth-order valence-corrected chi connectivity index (χ4v) is 5.39. The molecule has 142 valence electrons. The second kappa shape index (κ2) is 7.60. The van der Waals surface area contributed by atoms with E-state index in [1.54, 1.807) is 14.2 Å². The number of ether oxygens (including phenoxy) is 2. The largest absolute Gasteiger partial charge is 0.493 e. The molecule has 2 aliphatic heterocycles. The summed E-state index contributed by atoms with van der Waals surface area (Å²) in [6.45, 7) is 2.22. The van der Waals surface area contributed by atoms with Crippen molar-refractivity contribution < 1.29 is 9.47 Å². The van der Waals surface area contributed by atoms with Gasteiger partial charge in [-0.2, -0.15) is 0 Å². The molecule has 27 heavy (non-hydrogen) atoms. The third kappa shape index (κ3) is 3.15. The molecule has 0 bridgehead atoms. The Balaban J connectivity index is 1.84. The maximum Gasteiger partial charge on any atom is 0.162 e. The van der Waals surface area contributed by atoms with Gasteiger partial charge in [-0.3, -0.25) is 9.98 Å². The Hall–Kier alpha value is -1.92. The van der Waals surface area contributed by atoms with Crippen molar-refractivity contribution in [2.45, 2.75) is 31.5 Å². The van der Waals surface area contributed by atoms with E-state index in [9.17, 15) is 0 Å². The first-order chi connectivity index (χ1) is 13.2. The highest BCUT2D eigenvalue weighted by atomic mass is 35.5. The normalized spacial score (nSPS) is 23.9. The van der Waals surface area contributed by atoms with Crippen molar-refractivity contribution in [3.05, 3.63) is 52.8 Å². The van der Waals surface area contributed by atoms with E-state index >= 15 is 0 Å². The molecule has 7 heteroatoms. The molecule has 3 heterocycles. The number of methoxy groups -OCH3 is 2. The van der Waals surface area contributed by atoms with Gasteiger partial charge in [-0.15, -0.1) is 0 Å². The lowest BCUT2D eigenvalue weighted by atomic mass is 9.94. The van der Waals surface area contributed by atoms with Gasteiger partial charge in [-0.05, 0) is 30.2 Å². The van der Waals surface area contributed by atoms with Crippen LogP contribution >= 0.6 is 23.4 Å². The molecule has 0 amide bonds. The van der Waals surface area contributed by atoms with Crippen molar-refractivity contribution in [1.29, 1.82) is 0 Å². The van der Waals surface area contributed by atoms with E-state index in [4.69, 9.17) is 26.1 Å².